The SMILES string of the molecule is CO[C@@H]1[C@H](O)[C@H](C)CC(=O)[C@H]1/C(C)=C/CCC(C)C. The predicted octanol–water partition coefficient (Wildman–Crippen LogP) is 2.97. The smallest absolute Gasteiger partial charge is 0.143 e. The van der Waals surface area contributed by atoms with E-state index in [9.17, 15) is 9.90 Å². The Morgan fingerprint density at radius 3 is 2.68 bits per heavy atom. The number of hydrogen-bond donors (Lipinski definition) is 1. The highest BCUT2D eigenvalue weighted by Crippen LogP contribution is 2.33. The van der Waals surface area contributed by atoms with Gasteiger partial charge in [0.1, 0.15) is 5.78 Å². The molecule has 1 aliphatic carbocycles. The fourth-order valence-electron chi connectivity index (χ4n) is 2.83. The van der Waals surface area contributed by atoms with Crippen molar-refractivity contribution in [2.75, 3.05) is 7.11 Å². The van der Waals surface area contributed by atoms with Gasteiger partial charge in [0.05, 0.1) is 18.1 Å². The number of Topliss-reactive ketones (excluding diaryl/α,β-unsaturated/α-hetero) is 1. The molecule has 0 saturated heterocycles. The maximum absolute atomic E-state index is 12.2. The molecule has 0 aromatic heterocycles. The van der Waals surface area contributed by atoms with Gasteiger partial charge in [-0.25, -0.2) is 0 Å². The maximum atomic E-state index is 12.2. The van der Waals surface area contributed by atoms with Crippen LogP contribution in [0.25, 0.3) is 0 Å². The fourth-order valence-corrected chi connectivity index (χ4v) is 2.83. The molecular formula is C16H28O3. The minimum atomic E-state index is -0.554. The van der Waals surface area contributed by atoms with Crippen molar-refractivity contribution in [1.29, 1.82) is 0 Å². The van der Waals surface area contributed by atoms with Crippen molar-refractivity contribution in [2.24, 2.45) is 17.8 Å². The molecule has 1 aliphatic rings. The van der Waals surface area contributed by atoms with E-state index in [4.69, 9.17) is 4.74 Å². The number of ketones is 1. The van der Waals surface area contributed by atoms with Gasteiger partial charge < -0.3 is 9.84 Å². The van der Waals surface area contributed by atoms with Crippen molar-refractivity contribution >= 4 is 5.78 Å². The summed E-state index contributed by atoms with van der Waals surface area (Å²) in [5.74, 6) is 0.568. The van der Waals surface area contributed by atoms with Gasteiger partial charge in [0.15, 0.2) is 0 Å². The summed E-state index contributed by atoms with van der Waals surface area (Å²) < 4.78 is 5.39. The molecule has 0 unspecified atom stereocenters. The molecule has 3 heteroatoms. The van der Waals surface area contributed by atoms with Gasteiger partial charge in [0, 0.05) is 13.5 Å². The third-order valence-electron chi connectivity index (χ3n) is 4.09. The number of carbonyl (C=O) groups is 1. The van der Waals surface area contributed by atoms with Crippen molar-refractivity contribution in [3.63, 3.8) is 0 Å². The second kappa shape index (κ2) is 7.20. The predicted molar refractivity (Wildman–Crippen MR) is 76.9 cm³/mol. The summed E-state index contributed by atoms with van der Waals surface area (Å²) in [7, 11) is 1.58. The van der Waals surface area contributed by atoms with Gasteiger partial charge in [-0.1, -0.05) is 32.4 Å². The summed E-state index contributed by atoms with van der Waals surface area (Å²) in [6.45, 7) is 8.27. The van der Waals surface area contributed by atoms with E-state index in [1.54, 1.807) is 7.11 Å². The molecule has 1 N–H and O–H groups in total. The third-order valence-corrected chi connectivity index (χ3v) is 4.09. The van der Waals surface area contributed by atoms with Crippen molar-refractivity contribution in [1.82, 2.24) is 0 Å². The van der Waals surface area contributed by atoms with Crippen LogP contribution in [-0.2, 0) is 9.53 Å². The Morgan fingerprint density at radius 2 is 2.16 bits per heavy atom. The summed E-state index contributed by atoms with van der Waals surface area (Å²) in [5.41, 5.74) is 1.04. The van der Waals surface area contributed by atoms with Gasteiger partial charge in [-0.05, 0) is 31.6 Å². The van der Waals surface area contributed by atoms with E-state index in [0.29, 0.717) is 12.3 Å². The molecular weight excluding hydrogens is 240 g/mol. The lowest BCUT2D eigenvalue weighted by Gasteiger charge is -2.37. The number of hydrogen-bond acceptors (Lipinski definition) is 3. The van der Waals surface area contributed by atoms with Crippen LogP contribution in [0.4, 0.5) is 0 Å². The normalized spacial score (nSPS) is 33.0. The van der Waals surface area contributed by atoms with Crippen LogP contribution in [0.5, 0.6) is 0 Å². The molecule has 1 fully saturated rings. The van der Waals surface area contributed by atoms with Gasteiger partial charge in [-0.15, -0.1) is 0 Å². The largest absolute Gasteiger partial charge is 0.390 e. The minimum absolute atomic E-state index is 0.0165. The number of carbonyl (C=O) groups excluding carboxylic acids is 1. The molecule has 0 amide bonds. The van der Waals surface area contributed by atoms with Crippen LogP contribution >= 0.6 is 0 Å². The Balaban J connectivity index is 2.79. The average Bonchev–Trinajstić information content (AvgIpc) is 2.32. The first kappa shape index (κ1) is 16.4. The lowest BCUT2D eigenvalue weighted by Crippen LogP contribution is -2.48. The number of aliphatic hydroxyl groups excluding tert-OH is 1. The quantitative estimate of drug-likeness (QED) is 0.780. The molecule has 0 aliphatic heterocycles. The zero-order valence-corrected chi connectivity index (χ0v) is 12.8. The summed E-state index contributed by atoms with van der Waals surface area (Å²) in [6.07, 6.45) is 3.73. The van der Waals surface area contributed by atoms with Crippen molar-refractivity contribution in [2.45, 2.75) is 59.2 Å². The zero-order chi connectivity index (χ0) is 14.6. The van der Waals surface area contributed by atoms with Crippen LogP contribution < -0.4 is 0 Å². The van der Waals surface area contributed by atoms with E-state index in [1.807, 2.05) is 13.8 Å². The average molecular weight is 268 g/mol. The van der Waals surface area contributed by atoms with Gasteiger partial charge in [0.25, 0.3) is 0 Å². The number of methoxy groups -OCH3 is 1. The first-order valence-electron chi connectivity index (χ1n) is 7.28. The molecule has 1 rings (SSSR count). The standard InChI is InChI=1S/C16H28O3/c1-10(2)7-6-8-11(3)14-13(17)9-12(4)15(18)16(14)19-5/h8,10,12,14-16,18H,6-7,9H2,1-5H3/b11-8+/t12-,14-,15-,16+/m1/s1. The Hall–Kier alpha value is -0.670. The summed E-state index contributed by atoms with van der Waals surface area (Å²) in [4.78, 5) is 12.2. The van der Waals surface area contributed by atoms with Crippen LogP contribution in [0.15, 0.2) is 11.6 Å². The lowest BCUT2D eigenvalue weighted by molar-refractivity contribution is -0.142. The lowest BCUT2D eigenvalue weighted by atomic mass is 9.74. The molecule has 4 atom stereocenters. The first-order chi connectivity index (χ1) is 8.88. The van der Waals surface area contributed by atoms with E-state index >= 15 is 0 Å². The monoisotopic (exact) mass is 268 g/mol. The summed E-state index contributed by atoms with van der Waals surface area (Å²) >= 11 is 0. The Bertz CT molecular complexity index is 333. The highest BCUT2D eigenvalue weighted by atomic mass is 16.5. The van der Waals surface area contributed by atoms with Crippen molar-refractivity contribution < 1.29 is 14.6 Å². The van der Waals surface area contributed by atoms with Gasteiger partial charge in [-0.2, -0.15) is 0 Å². The highest BCUT2D eigenvalue weighted by molar-refractivity contribution is 5.85. The number of aliphatic hydroxyl groups is 1. The highest BCUT2D eigenvalue weighted by Gasteiger charge is 2.42. The Kier molecular flexibility index (Phi) is 6.21. The van der Waals surface area contributed by atoms with E-state index in [1.165, 1.54) is 0 Å². The molecule has 0 spiro atoms. The number of rotatable bonds is 5. The zero-order valence-electron chi connectivity index (χ0n) is 12.8. The number of allylic oxidation sites excluding steroid dienone is 1. The summed E-state index contributed by atoms with van der Waals surface area (Å²) in [5, 5.41) is 10.2. The van der Waals surface area contributed by atoms with Crippen molar-refractivity contribution in [3.05, 3.63) is 11.6 Å². The van der Waals surface area contributed by atoms with Crippen LogP contribution in [0.3, 0.4) is 0 Å². The molecule has 19 heavy (non-hydrogen) atoms. The Morgan fingerprint density at radius 1 is 1.53 bits per heavy atom. The molecule has 0 aromatic rings. The van der Waals surface area contributed by atoms with Gasteiger partial charge >= 0.3 is 0 Å². The van der Waals surface area contributed by atoms with Crippen LogP contribution in [0.1, 0.15) is 47.0 Å². The molecule has 110 valence electrons. The van der Waals surface area contributed by atoms with E-state index in [2.05, 4.69) is 19.9 Å². The summed E-state index contributed by atoms with van der Waals surface area (Å²) in [6, 6.07) is 0. The third kappa shape index (κ3) is 4.15. The molecule has 0 radical (unpaired) electrons. The van der Waals surface area contributed by atoms with Crippen LogP contribution in [0.2, 0.25) is 0 Å². The number of ether oxygens (including phenoxy) is 1. The van der Waals surface area contributed by atoms with E-state index < -0.39 is 12.2 Å². The molecule has 0 bridgehead atoms. The molecule has 3 nitrogen and oxygen atoms in total. The fraction of sp³-hybridized carbons (Fsp3) is 0.812. The van der Waals surface area contributed by atoms with Crippen LogP contribution in [0, 0.1) is 17.8 Å². The Labute approximate surface area is 117 Å². The first-order valence-corrected chi connectivity index (χ1v) is 7.28. The van der Waals surface area contributed by atoms with Crippen molar-refractivity contribution in [3.8, 4) is 0 Å². The second-order valence-electron chi connectivity index (χ2n) is 6.24. The van der Waals surface area contributed by atoms with E-state index in [-0.39, 0.29) is 17.6 Å². The maximum Gasteiger partial charge on any atom is 0.143 e. The van der Waals surface area contributed by atoms with Gasteiger partial charge in [0.2, 0.25) is 0 Å². The topological polar surface area (TPSA) is 46.5 Å². The van der Waals surface area contributed by atoms with Crippen LogP contribution in [-0.4, -0.2) is 30.2 Å². The molecule has 0 aromatic carbocycles. The minimum Gasteiger partial charge on any atom is -0.390 e. The van der Waals surface area contributed by atoms with Gasteiger partial charge in [-0.3, -0.25) is 4.79 Å². The van der Waals surface area contributed by atoms with E-state index in [0.717, 1.165) is 18.4 Å². The second-order valence-corrected chi connectivity index (χ2v) is 6.24. The molecule has 0 heterocycles. The molecule has 1 saturated carbocycles.